The van der Waals surface area contributed by atoms with Gasteiger partial charge in [0.15, 0.2) is 0 Å². The zero-order valence-corrected chi connectivity index (χ0v) is 11.0. The van der Waals surface area contributed by atoms with E-state index >= 15 is 0 Å². The van der Waals surface area contributed by atoms with Gasteiger partial charge in [-0.3, -0.25) is 0 Å². The molecule has 0 aromatic heterocycles. The van der Waals surface area contributed by atoms with Crippen LogP contribution in [0.25, 0.3) is 0 Å². The summed E-state index contributed by atoms with van der Waals surface area (Å²) in [6.07, 6.45) is -0.298. The van der Waals surface area contributed by atoms with Crippen LogP contribution in [0.1, 0.15) is 42.1 Å². The highest BCUT2D eigenvalue weighted by molar-refractivity contribution is 5.39. The molecule has 0 saturated heterocycles. The number of hydrogen-bond donors (Lipinski definition) is 2. The number of aryl methyl sites for hydroxylation is 3. The maximum atomic E-state index is 9.27. The van der Waals surface area contributed by atoms with Crippen molar-refractivity contribution in [3.8, 4) is 0 Å². The summed E-state index contributed by atoms with van der Waals surface area (Å²) in [5.74, 6) is 0. The summed E-state index contributed by atoms with van der Waals surface area (Å²) >= 11 is 0. The minimum atomic E-state index is -0.298. The topological polar surface area (TPSA) is 32.3 Å². The lowest BCUT2D eigenvalue weighted by Gasteiger charge is -2.20. The number of nitrogens with one attached hydrogen (secondary N) is 1. The third-order valence-corrected chi connectivity index (χ3v) is 2.89. The number of hydrogen-bond acceptors (Lipinski definition) is 2. The molecule has 1 unspecified atom stereocenters. The van der Waals surface area contributed by atoms with Crippen LogP contribution in [0.15, 0.2) is 12.1 Å². The number of aliphatic hydroxyl groups excluding tert-OH is 1. The van der Waals surface area contributed by atoms with Crippen LogP contribution in [0.5, 0.6) is 0 Å². The van der Waals surface area contributed by atoms with E-state index in [-0.39, 0.29) is 12.1 Å². The molecule has 2 N–H and O–H groups in total. The van der Waals surface area contributed by atoms with Gasteiger partial charge in [-0.1, -0.05) is 17.7 Å². The highest BCUT2D eigenvalue weighted by Gasteiger charge is 2.11. The van der Waals surface area contributed by atoms with Crippen LogP contribution >= 0.6 is 0 Å². The first kappa shape index (κ1) is 13.2. The summed E-state index contributed by atoms with van der Waals surface area (Å²) in [4.78, 5) is 0. The van der Waals surface area contributed by atoms with Crippen molar-refractivity contribution in [2.75, 3.05) is 6.54 Å². The van der Waals surface area contributed by atoms with Gasteiger partial charge in [0.05, 0.1) is 6.10 Å². The average Bonchev–Trinajstić information content (AvgIpc) is 2.12. The average molecular weight is 221 g/mol. The molecule has 0 aliphatic carbocycles. The normalized spacial score (nSPS) is 14.9. The largest absolute Gasteiger partial charge is 0.392 e. The van der Waals surface area contributed by atoms with Crippen LogP contribution in [0.4, 0.5) is 0 Å². The molecule has 2 nitrogen and oxygen atoms in total. The minimum Gasteiger partial charge on any atom is -0.392 e. The lowest BCUT2D eigenvalue weighted by atomic mass is 9.95. The molecule has 0 spiro atoms. The molecule has 0 bridgehead atoms. The first-order valence-corrected chi connectivity index (χ1v) is 5.91. The van der Waals surface area contributed by atoms with Crippen molar-refractivity contribution in [2.45, 2.75) is 46.8 Å². The molecule has 0 fully saturated rings. The highest BCUT2D eigenvalue weighted by atomic mass is 16.3. The summed E-state index contributed by atoms with van der Waals surface area (Å²) in [6, 6.07) is 4.71. The molecule has 2 heteroatoms. The Bertz CT molecular complexity index is 335. The molecule has 0 aliphatic heterocycles. The first-order chi connectivity index (χ1) is 7.41. The lowest BCUT2D eigenvalue weighted by molar-refractivity contribution is 0.187. The minimum absolute atomic E-state index is 0.287. The van der Waals surface area contributed by atoms with E-state index in [0.29, 0.717) is 6.54 Å². The van der Waals surface area contributed by atoms with Gasteiger partial charge in [0.1, 0.15) is 0 Å². The third-order valence-electron chi connectivity index (χ3n) is 2.89. The molecule has 0 aliphatic rings. The van der Waals surface area contributed by atoms with E-state index < -0.39 is 0 Å². The Kier molecular flexibility index (Phi) is 4.51. The molecule has 1 aromatic carbocycles. The maximum Gasteiger partial charge on any atom is 0.0636 e. The van der Waals surface area contributed by atoms with Crippen molar-refractivity contribution < 1.29 is 5.11 Å². The molecule has 0 amide bonds. The summed E-state index contributed by atoms with van der Waals surface area (Å²) in [5.41, 5.74) is 5.30. The van der Waals surface area contributed by atoms with E-state index in [1.165, 1.54) is 22.3 Å². The second-order valence-electron chi connectivity index (χ2n) is 4.79. The summed E-state index contributed by atoms with van der Waals surface area (Å²) in [7, 11) is 0. The zero-order valence-electron chi connectivity index (χ0n) is 11.0. The van der Waals surface area contributed by atoms with Crippen LogP contribution in [0.2, 0.25) is 0 Å². The Morgan fingerprint density at radius 1 is 1.12 bits per heavy atom. The molecule has 0 saturated carbocycles. The second-order valence-corrected chi connectivity index (χ2v) is 4.79. The Labute approximate surface area is 98.7 Å². The van der Waals surface area contributed by atoms with Crippen LogP contribution in [-0.4, -0.2) is 17.8 Å². The number of rotatable bonds is 4. The van der Waals surface area contributed by atoms with Gasteiger partial charge in [0, 0.05) is 12.6 Å². The molecular formula is C14H23NO. The molecule has 1 aromatic rings. The SMILES string of the molecule is Cc1cc(C)c(C(C)NC[C@@H](C)O)c(C)c1. The van der Waals surface area contributed by atoms with Crippen molar-refractivity contribution >= 4 is 0 Å². The highest BCUT2D eigenvalue weighted by Crippen LogP contribution is 2.23. The van der Waals surface area contributed by atoms with Crippen LogP contribution < -0.4 is 5.32 Å². The van der Waals surface area contributed by atoms with Gasteiger partial charge >= 0.3 is 0 Å². The Balaban J connectivity index is 2.86. The Morgan fingerprint density at radius 3 is 2.06 bits per heavy atom. The van der Waals surface area contributed by atoms with Crippen molar-refractivity contribution in [3.05, 3.63) is 34.4 Å². The first-order valence-electron chi connectivity index (χ1n) is 5.91. The quantitative estimate of drug-likeness (QED) is 0.819. The summed E-state index contributed by atoms with van der Waals surface area (Å²) < 4.78 is 0. The van der Waals surface area contributed by atoms with Crippen LogP contribution in [-0.2, 0) is 0 Å². The standard InChI is InChI=1S/C14H23NO/c1-9-6-10(2)14(11(3)7-9)13(5)15-8-12(4)16/h6-7,12-13,15-16H,8H2,1-5H3/t12-,13?/m1/s1. The molecule has 2 atom stereocenters. The van der Waals surface area contributed by atoms with Crippen LogP contribution in [0.3, 0.4) is 0 Å². The predicted molar refractivity (Wildman–Crippen MR) is 68.8 cm³/mol. The third kappa shape index (κ3) is 3.32. The maximum absolute atomic E-state index is 9.27. The van der Waals surface area contributed by atoms with E-state index in [4.69, 9.17) is 0 Å². The molecular weight excluding hydrogens is 198 g/mol. The zero-order chi connectivity index (χ0) is 12.3. The van der Waals surface area contributed by atoms with E-state index in [1.54, 1.807) is 6.92 Å². The second kappa shape index (κ2) is 5.46. The Hall–Kier alpha value is -0.860. The van der Waals surface area contributed by atoms with Gasteiger partial charge in [0.2, 0.25) is 0 Å². The number of aliphatic hydroxyl groups is 1. The van der Waals surface area contributed by atoms with Gasteiger partial charge < -0.3 is 10.4 Å². The predicted octanol–water partition coefficient (Wildman–Crippen LogP) is 2.64. The van der Waals surface area contributed by atoms with E-state index in [0.717, 1.165) is 0 Å². The lowest BCUT2D eigenvalue weighted by Crippen LogP contribution is -2.28. The van der Waals surface area contributed by atoms with Crippen molar-refractivity contribution in [3.63, 3.8) is 0 Å². The molecule has 1 rings (SSSR count). The molecule has 0 heterocycles. The van der Waals surface area contributed by atoms with E-state index in [2.05, 4.69) is 45.1 Å². The van der Waals surface area contributed by atoms with Crippen LogP contribution in [0, 0.1) is 20.8 Å². The fraction of sp³-hybridized carbons (Fsp3) is 0.571. The van der Waals surface area contributed by atoms with Crippen molar-refractivity contribution in [1.82, 2.24) is 5.32 Å². The smallest absolute Gasteiger partial charge is 0.0636 e. The monoisotopic (exact) mass is 221 g/mol. The molecule has 90 valence electrons. The van der Waals surface area contributed by atoms with E-state index in [1.807, 2.05) is 0 Å². The summed E-state index contributed by atoms with van der Waals surface area (Å²) in [6.45, 7) is 11.0. The van der Waals surface area contributed by atoms with Gasteiger partial charge in [-0.15, -0.1) is 0 Å². The van der Waals surface area contributed by atoms with Crippen molar-refractivity contribution in [2.24, 2.45) is 0 Å². The summed E-state index contributed by atoms with van der Waals surface area (Å²) in [5, 5.41) is 12.6. The van der Waals surface area contributed by atoms with Gasteiger partial charge in [-0.2, -0.15) is 0 Å². The molecule has 0 radical (unpaired) electrons. The number of benzene rings is 1. The molecule has 16 heavy (non-hydrogen) atoms. The van der Waals surface area contributed by atoms with Gasteiger partial charge in [-0.25, -0.2) is 0 Å². The fourth-order valence-corrected chi connectivity index (χ4v) is 2.32. The fourth-order valence-electron chi connectivity index (χ4n) is 2.32. The van der Waals surface area contributed by atoms with Gasteiger partial charge in [-0.05, 0) is 51.3 Å². The Morgan fingerprint density at radius 2 is 1.62 bits per heavy atom. The van der Waals surface area contributed by atoms with Crippen molar-refractivity contribution in [1.29, 1.82) is 0 Å². The van der Waals surface area contributed by atoms with Gasteiger partial charge in [0.25, 0.3) is 0 Å². The van der Waals surface area contributed by atoms with E-state index in [9.17, 15) is 5.11 Å².